The maximum absolute atomic E-state index is 11.5. The fraction of sp³-hybridized carbons (Fsp3) is 0.182. The van der Waals surface area contributed by atoms with Crippen LogP contribution in [0, 0.1) is 10.1 Å². The first-order chi connectivity index (χ1) is 9.77. The van der Waals surface area contributed by atoms with Gasteiger partial charge in [-0.2, -0.15) is 5.10 Å². The predicted octanol–water partition coefficient (Wildman–Crippen LogP) is 1.83. The zero-order valence-corrected chi connectivity index (χ0v) is 12.3. The summed E-state index contributed by atoms with van der Waals surface area (Å²) in [6, 6.07) is 3.20. The lowest BCUT2D eigenvalue weighted by molar-refractivity contribution is -0.385. The van der Waals surface area contributed by atoms with E-state index in [1.807, 2.05) is 0 Å². The molecule has 1 aromatic carbocycles. The molecule has 112 valence electrons. The van der Waals surface area contributed by atoms with Crippen molar-refractivity contribution in [3.63, 3.8) is 0 Å². The smallest absolute Gasteiger partial charge is 0.271 e. The Morgan fingerprint density at radius 1 is 1.48 bits per heavy atom. The van der Waals surface area contributed by atoms with Crippen molar-refractivity contribution in [1.29, 1.82) is 0 Å². The van der Waals surface area contributed by atoms with Crippen LogP contribution in [0.2, 0.25) is 0 Å². The zero-order chi connectivity index (χ0) is 15.6. The van der Waals surface area contributed by atoms with Crippen LogP contribution in [0.15, 0.2) is 35.5 Å². The monoisotopic (exact) mass is 331 g/mol. The number of halogens is 1. The lowest BCUT2D eigenvalue weighted by Gasteiger charge is -2.08. The van der Waals surface area contributed by atoms with Gasteiger partial charge in [-0.15, -0.1) is 0 Å². The van der Waals surface area contributed by atoms with Crippen molar-refractivity contribution < 1.29 is 18.1 Å². The highest BCUT2D eigenvalue weighted by molar-refractivity contribution is 8.13. The first-order valence-corrected chi connectivity index (χ1v) is 7.92. The summed E-state index contributed by atoms with van der Waals surface area (Å²) in [5.74, 6) is -0.0561. The third-order valence-corrected chi connectivity index (χ3v) is 3.90. The second-order valence-corrected chi connectivity index (χ2v) is 6.67. The molecule has 1 heterocycles. The number of ether oxygens (including phenoxy) is 1. The average Bonchev–Trinajstić information content (AvgIpc) is 2.81. The van der Waals surface area contributed by atoms with Crippen LogP contribution in [0.3, 0.4) is 0 Å². The molecule has 0 radical (unpaired) electrons. The van der Waals surface area contributed by atoms with Crippen molar-refractivity contribution in [2.45, 2.75) is 11.5 Å². The molecule has 0 N–H and O–H groups in total. The molecule has 0 amide bonds. The minimum atomic E-state index is -4.17. The van der Waals surface area contributed by atoms with Gasteiger partial charge in [0.2, 0.25) is 0 Å². The normalized spacial score (nSPS) is 11.3. The summed E-state index contributed by atoms with van der Waals surface area (Å²) in [6.07, 6.45) is 3.25. The molecular formula is C11H10ClN3O5S. The highest BCUT2D eigenvalue weighted by atomic mass is 35.7. The van der Waals surface area contributed by atoms with E-state index in [4.69, 9.17) is 15.4 Å². The molecule has 1 aromatic heterocycles. The second kappa shape index (κ2) is 5.70. The molecule has 0 atom stereocenters. The summed E-state index contributed by atoms with van der Waals surface area (Å²) in [7, 11) is 2.84. The van der Waals surface area contributed by atoms with Gasteiger partial charge in [-0.1, -0.05) is 0 Å². The van der Waals surface area contributed by atoms with Gasteiger partial charge >= 0.3 is 0 Å². The van der Waals surface area contributed by atoms with Crippen LogP contribution in [-0.2, 0) is 22.7 Å². The van der Waals surface area contributed by atoms with Crippen LogP contribution >= 0.6 is 10.7 Å². The first kappa shape index (κ1) is 15.3. The van der Waals surface area contributed by atoms with E-state index in [0.29, 0.717) is 5.56 Å². The summed E-state index contributed by atoms with van der Waals surface area (Å²) in [6.45, 7) is 0.0606. The molecule has 0 fully saturated rings. The summed E-state index contributed by atoms with van der Waals surface area (Å²) < 4.78 is 29.9. The molecule has 2 rings (SSSR count). The van der Waals surface area contributed by atoms with Crippen molar-refractivity contribution in [3.05, 3.63) is 46.3 Å². The largest absolute Gasteiger partial charge is 0.487 e. The molecule has 2 aromatic rings. The Hall–Kier alpha value is -2.13. The number of aryl methyl sites for hydroxylation is 1. The molecule has 0 saturated heterocycles. The number of benzene rings is 1. The molecule has 8 nitrogen and oxygen atoms in total. The number of nitro benzene ring substituents is 1. The fourth-order valence-electron chi connectivity index (χ4n) is 1.63. The average molecular weight is 332 g/mol. The van der Waals surface area contributed by atoms with Crippen LogP contribution < -0.4 is 4.74 Å². The second-order valence-electron chi connectivity index (χ2n) is 4.14. The van der Waals surface area contributed by atoms with Gasteiger partial charge in [0.15, 0.2) is 0 Å². The van der Waals surface area contributed by atoms with E-state index in [1.165, 1.54) is 6.07 Å². The van der Waals surface area contributed by atoms with Crippen LogP contribution in [-0.4, -0.2) is 23.1 Å². The van der Waals surface area contributed by atoms with Gasteiger partial charge in [0, 0.05) is 41.6 Å². The standard InChI is InChI=1S/C11H10ClN3O5S/c1-14-6-8(5-13-14)7-20-10-3-2-9(15(16)17)4-11(10)21(12,18)19/h2-6H,7H2,1H3. The van der Waals surface area contributed by atoms with Crippen LogP contribution in [0.5, 0.6) is 5.75 Å². The molecular weight excluding hydrogens is 322 g/mol. The Bertz CT molecular complexity index is 787. The van der Waals surface area contributed by atoms with Crippen molar-refractivity contribution >= 4 is 25.4 Å². The SMILES string of the molecule is Cn1cc(COc2ccc([N+](=O)[O-])cc2S(=O)(=O)Cl)cn1. The number of hydrogen-bond acceptors (Lipinski definition) is 6. The lowest BCUT2D eigenvalue weighted by atomic mass is 10.3. The molecule has 21 heavy (non-hydrogen) atoms. The van der Waals surface area contributed by atoms with E-state index >= 15 is 0 Å². The molecule has 0 aliphatic rings. The van der Waals surface area contributed by atoms with E-state index in [2.05, 4.69) is 5.10 Å². The molecule has 0 saturated carbocycles. The van der Waals surface area contributed by atoms with Crippen molar-refractivity contribution in [3.8, 4) is 5.75 Å². The summed E-state index contributed by atoms with van der Waals surface area (Å²) in [4.78, 5) is 9.54. The Labute approximate surface area is 124 Å². The predicted molar refractivity (Wildman–Crippen MR) is 73.7 cm³/mol. The number of rotatable bonds is 5. The summed E-state index contributed by atoms with van der Waals surface area (Å²) in [5.41, 5.74) is 0.330. The minimum Gasteiger partial charge on any atom is -0.487 e. The van der Waals surface area contributed by atoms with Crippen LogP contribution in [0.25, 0.3) is 0 Å². The zero-order valence-electron chi connectivity index (χ0n) is 10.8. The number of nitrogens with zero attached hydrogens (tertiary/aromatic N) is 3. The van der Waals surface area contributed by atoms with E-state index in [1.54, 1.807) is 24.1 Å². The Morgan fingerprint density at radius 3 is 2.71 bits per heavy atom. The van der Waals surface area contributed by atoms with Crippen molar-refractivity contribution in [1.82, 2.24) is 9.78 Å². The number of non-ortho nitro benzene ring substituents is 1. The third kappa shape index (κ3) is 3.70. The highest BCUT2D eigenvalue weighted by Crippen LogP contribution is 2.31. The Balaban J connectivity index is 2.32. The van der Waals surface area contributed by atoms with E-state index < -0.39 is 18.9 Å². The first-order valence-electron chi connectivity index (χ1n) is 5.61. The quantitative estimate of drug-likeness (QED) is 0.470. The fourth-order valence-corrected chi connectivity index (χ4v) is 2.62. The topological polar surface area (TPSA) is 104 Å². The van der Waals surface area contributed by atoms with Gasteiger partial charge in [-0.05, 0) is 6.07 Å². The van der Waals surface area contributed by atoms with E-state index in [0.717, 1.165) is 12.1 Å². The third-order valence-electron chi connectivity index (χ3n) is 2.55. The van der Waals surface area contributed by atoms with E-state index in [-0.39, 0.29) is 18.0 Å². The molecule has 0 spiro atoms. The van der Waals surface area contributed by atoms with E-state index in [9.17, 15) is 18.5 Å². The van der Waals surface area contributed by atoms with Gasteiger partial charge in [-0.25, -0.2) is 8.42 Å². The van der Waals surface area contributed by atoms with Gasteiger partial charge in [0.1, 0.15) is 17.3 Å². The molecule has 0 unspecified atom stereocenters. The Morgan fingerprint density at radius 2 is 2.19 bits per heavy atom. The van der Waals surface area contributed by atoms with Gasteiger partial charge in [0.25, 0.3) is 14.7 Å². The van der Waals surface area contributed by atoms with Crippen LogP contribution in [0.4, 0.5) is 5.69 Å². The highest BCUT2D eigenvalue weighted by Gasteiger charge is 2.21. The Kier molecular flexibility index (Phi) is 4.14. The summed E-state index contributed by atoms with van der Waals surface area (Å²) >= 11 is 0. The maximum atomic E-state index is 11.5. The molecule has 0 aliphatic carbocycles. The summed E-state index contributed by atoms with van der Waals surface area (Å²) in [5, 5.41) is 14.6. The molecule has 10 heteroatoms. The van der Waals surface area contributed by atoms with Crippen LogP contribution in [0.1, 0.15) is 5.56 Å². The van der Waals surface area contributed by atoms with Crippen molar-refractivity contribution in [2.24, 2.45) is 7.05 Å². The molecule has 0 aliphatic heterocycles. The van der Waals surface area contributed by atoms with Gasteiger partial charge < -0.3 is 4.74 Å². The maximum Gasteiger partial charge on any atom is 0.271 e. The lowest BCUT2D eigenvalue weighted by Crippen LogP contribution is -2.01. The number of aromatic nitrogens is 2. The van der Waals surface area contributed by atoms with Crippen molar-refractivity contribution in [2.75, 3.05) is 0 Å². The number of hydrogen-bond donors (Lipinski definition) is 0. The minimum absolute atomic E-state index is 0.0561. The number of nitro groups is 1. The van der Waals surface area contributed by atoms with Gasteiger partial charge in [-0.3, -0.25) is 14.8 Å². The molecule has 0 bridgehead atoms. The van der Waals surface area contributed by atoms with Gasteiger partial charge in [0.05, 0.1) is 11.1 Å².